The molecule has 1 aliphatic heterocycles. The topological polar surface area (TPSA) is 44.8 Å². The molecule has 6 heteroatoms. The Bertz CT molecular complexity index is 349. The minimum absolute atomic E-state index is 0.264. The van der Waals surface area contributed by atoms with Crippen molar-refractivity contribution < 1.29 is 27.8 Å². The standard InChI is InChI=1S/C17H28F2O4/c1-2-3-4-12-5-7-13(8-6-12)14-9-21-15(22-10-14)11-23-17(20)16(18)19/h12-16H,2-11H2,1H3. The van der Waals surface area contributed by atoms with Gasteiger partial charge in [0.15, 0.2) is 6.29 Å². The summed E-state index contributed by atoms with van der Waals surface area (Å²) in [7, 11) is 0. The van der Waals surface area contributed by atoms with Crippen LogP contribution in [0.2, 0.25) is 0 Å². The zero-order chi connectivity index (χ0) is 16.7. The van der Waals surface area contributed by atoms with Crippen LogP contribution in [0.4, 0.5) is 8.78 Å². The predicted molar refractivity (Wildman–Crippen MR) is 81.1 cm³/mol. The van der Waals surface area contributed by atoms with Gasteiger partial charge in [-0.15, -0.1) is 0 Å². The summed E-state index contributed by atoms with van der Waals surface area (Å²) >= 11 is 0. The molecule has 2 aliphatic rings. The van der Waals surface area contributed by atoms with E-state index in [9.17, 15) is 13.6 Å². The van der Waals surface area contributed by atoms with E-state index in [1.54, 1.807) is 0 Å². The zero-order valence-electron chi connectivity index (χ0n) is 13.8. The molecule has 1 saturated carbocycles. The van der Waals surface area contributed by atoms with Gasteiger partial charge in [0.25, 0.3) is 0 Å². The molecule has 23 heavy (non-hydrogen) atoms. The van der Waals surface area contributed by atoms with Crippen molar-refractivity contribution in [1.29, 1.82) is 0 Å². The lowest BCUT2D eigenvalue weighted by Gasteiger charge is -2.37. The highest BCUT2D eigenvalue weighted by Gasteiger charge is 2.32. The molecule has 1 aliphatic carbocycles. The van der Waals surface area contributed by atoms with Crippen LogP contribution in [0.25, 0.3) is 0 Å². The zero-order valence-corrected chi connectivity index (χ0v) is 13.8. The monoisotopic (exact) mass is 334 g/mol. The quantitative estimate of drug-likeness (QED) is 0.665. The second-order valence-electron chi connectivity index (χ2n) is 6.71. The van der Waals surface area contributed by atoms with E-state index in [1.807, 2.05) is 0 Å². The number of hydrogen-bond donors (Lipinski definition) is 0. The van der Waals surface area contributed by atoms with Crippen LogP contribution in [0, 0.1) is 17.8 Å². The molecule has 0 aromatic carbocycles. The summed E-state index contributed by atoms with van der Waals surface area (Å²) in [4.78, 5) is 10.7. The SMILES string of the molecule is CCCCC1CCC(C2COC(COC(=O)C(F)F)OC2)CC1. The lowest BCUT2D eigenvalue weighted by atomic mass is 9.75. The minimum atomic E-state index is -3.10. The molecular formula is C17H28F2O4. The second-order valence-corrected chi connectivity index (χ2v) is 6.71. The number of alkyl halides is 2. The van der Waals surface area contributed by atoms with Crippen LogP contribution in [0.1, 0.15) is 51.9 Å². The van der Waals surface area contributed by atoms with E-state index in [0.29, 0.717) is 25.0 Å². The first kappa shape index (κ1) is 18.6. The van der Waals surface area contributed by atoms with E-state index in [0.717, 1.165) is 5.92 Å². The van der Waals surface area contributed by atoms with Gasteiger partial charge in [0.1, 0.15) is 6.61 Å². The van der Waals surface area contributed by atoms with Crippen LogP contribution in [-0.4, -0.2) is 38.5 Å². The molecule has 134 valence electrons. The molecule has 0 unspecified atom stereocenters. The van der Waals surface area contributed by atoms with Crippen molar-refractivity contribution in [3.05, 3.63) is 0 Å². The molecule has 0 spiro atoms. The Hall–Kier alpha value is -0.750. The maximum atomic E-state index is 12.0. The molecule has 0 aromatic rings. The van der Waals surface area contributed by atoms with Gasteiger partial charge in [-0.3, -0.25) is 0 Å². The third kappa shape index (κ3) is 5.99. The van der Waals surface area contributed by atoms with Crippen LogP contribution in [0.15, 0.2) is 0 Å². The van der Waals surface area contributed by atoms with Crippen molar-refractivity contribution in [2.75, 3.05) is 19.8 Å². The van der Waals surface area contributed by atoms with Gasteiger partial charge in [-0.1, -0.05) is 39.0 Å². The number of hydrogen-bond acceptors (Lipinski definition) is 4. The largest absolute Gasteiger partial charge is 0.456 e. The van der Waals surface area contributed by atoms with Crippen molar-refractivity contribution in [2.45, 2.75) is 64.6 Å². The molecule has 1 heterocycles. The summed E-state index contributed by atoms with van der Waals surface area (Å²) < 4.78 is 39.6. The number of carbonyl (C=O) groups excluding carboxylic acids is 1. The molecule has 2 rings (SSSR count). The Morgan fingerprint density at radius 3 is 2.35 bits per heavy atom. The molecular weight excluding hydrogens is 306 g/mol. The van der Waals surface area contributed by atoms with Crippen molar-refractivity contribution >= 4 is 5.97 Å². The first-order chi connectivity index (χ1) is 11.1. The average Bonchev–Trinajstić information content (AvgIpc) is 2.58. The van der Waals surface area contributed by atoms with E-state index in [2.05, 4.69) is 11.7 Å². The summed E-state index contributed by atoms with van der Waals surface area (Å²) in [6.45, 7) is 3.08. The van der Waals surface area contributed by atoms with Gasteiger partial charge in [-0.25, -0.2) is 4.79 Å². The van der Waals surface area contributed by atoms with Crippen LogP contribution in [0.3, 0.4) is 0 Å². The van der Waals surface area contributed by atoms with Crippen LogP contribution in [-0.2, 0) is 19.0 Å². The normalized spacial score (nSPS) is 32.0. The lowest BCUT2D eigenvalue weighted by Crippen LogP contribution is -2.39. The maximum absolute atomic E-state index is 12.0. The number of esters is 1. The highest BCUT2D eigenvalue weighted by molar-refractivity contribution is 5.72. The molecule has 0 aromatic heterocycles. The number of carbonyl (C=O) groups is 1. The van der Waals surface area contributed by atoms with Crippen molar-refractivity contribution in [2.24, 2.45) is 17.8 Å². The summed E-state index contributed by atoms with van der Waals surface area (Å²) in [6.07, 6.45) is 5.13. The van der Waals surface area contributed by atoms with E-state index in [4.69, 9.17) is 9.47 Å². The third-order valence-electron chi connectivity index (χ3n) is 5.06. The highest BCUT2D eigenvalue weighted by Crippen LogP contribution is 2.37. The predicted octanol–water partition coefficient (Wildman–Crippen LogP) is 3.78. The van der Waals surface area contributed by atoms with Gasteiger partial charge < -0.3 is 14.2 Å². The Morgan fingerprint density at radius 1 is 1.13 bits per heavy atom. The molecule has 0 bridgehead atoms. The van der Waals surface area contributed by atoms with E-state index in [-0.39, 0.29) is 6.61 Å². The Kier molecular flexibility index (Phi) is 7.70. The first-order valence-electron chi connectivity index (χ1n) is 8.78. The van der Waals surface area contributed by atoms with E-state index < -0.39 is 18.7 Å². The van der Waals surface area contributed by atoms with Crippen LogP contribution < -0.4 is 0 Å². The van der Waals surface area contributed by atoms with Gasteiger partial charge in [-0.2, -0.15) is 8.78 Å². The summed E-state index contributed by atoms with van der Waals surface area (Å²) in [6, 6.07) is 0. The van der Waals surface area contributed by atoms with Crippen molar-refractivity contribution in [3.63, 3.8) is 0 Å². The molecule has 4 nitrogen and oxygen atoms in total. The minimum Gasteiger partial charge on any atom is -0.456 e. The molecule has 0 N–H and O–H groups in total. The van der Waals surface area contributed by atoms with Crippen LogP contribution >= 0.6 is 0 Å². The number of rotatable bonds is 7. The Morgan fingerprint density at radius 2 is 1.78 bits per heavy atom. The molecule has 0 radical (unpaired) electrons. The van der Waals surface area contributed by atoms with Gasteiger partial charge >= 0.3 is 12.4 Å². The average molecular weight is 334 g/mol. The summed E-state index contributed by atoms with van der Waals surface area (Å²) in [5.41, 5.74) is 0. The van der Waals surface area contributed by atoms with Crippen molar-refractivity contribution in [1.82, 2.24) is 0 Å². The molecule has 0 amide bonds. The highest BCUT2D eigenvalue weighted by atomic mass is 19.3. The van der Waals surface area contributed by atoms with E-state index in [1.165, 1.54) is 44.9 Å². The van der Waals surface area contributed by atoms with Gasteiger partial charge in [0, 0.05) is 5.92 Å². The van der Waals surface area contributed by atoms with Gasteiger partial charge in [0.05, 0.1) is 13.2 Å². The Labute approximate surface area is 136 Å². The molecule has 2 fully saturated rings. The number of unbranched alkanes of at least 4 members (excludes halogenated alkanes) is 1. The summed E-state index contributed by atoms with van der Waals surface area (Å²) in [5.74, 6) is 0.337. The molecule has 0 atom stereocenters. The van der Waals surface area contributed by atoms with Crippen molar-refractivity contribution in [3.8, 4) is 0 Å². The fourth-order valence-electron chi connectivity index (χ4n) is 3.58. The van der Waals surface area contributed by atoms with Gasteiger partial charge in [-0.05, 0) is 24.7 Å². The fourth-order valence-corrected chi connectivity index (χ4v) is 3.58. The maximum Gasteiger partial charge on any atom is 0.373 e. The van der Waals surface area contributed by atoms with Crippen LogP contribution in [0.5, 0.6) is 0 Å². The lowest BCUT2D eigenvalue weighted by molar-refractivity contribution is -0.231. The number of halogens is 2. The van der Waals surface area contributed by atoms with E-state index >= 15 is 0 Å². The van der Waals surface area contributed by atoms with Gasteiger partial charge in [0.2, 0.25) is 0 Å². The fraction of sp³-hybridized carbons (Fsp3) is 0.941. The first-order valence-corrected chi connectivity index (χ1v) is 8.78. The molecule has 1 saturated heterocycles. The smallest absolute Gasteiger partial charge is 0.373 e. The Balaban J connectivity index is 1.62. The number of ether oxygens (including phenoxy) is 3. The third-order valence-corrected chi connectivity index (χ3v) is 5.06. The summed E-state index contributed by atoms with van der Waals surface area (Å²) in [5, 5.41) is 0. The second kappa shape index (κ2) is 9.52.